The van der Waals surface area contributed by atoms with E-state index in [1.165, 1.54) is 17.7 Å². The normalized spacial score (nSPS) is 10.6. The lowest BCUT2D eigenvalue weighted by Crippen LogP contribution is -2.20. The van der Waals surface area contributed by atoms with Gasteiger partial charge in [-0.05, 0) is 27.6 Å². The minimum absolute atomic E-state index is 0.0754. The first kappa shape index (κ1) is 15.3. The number of halogens is 3. The van der Waals surface area contributed by atoms with Crippen molar-refractivity contribution in [2.45, 2.75) is 6.54 Å². The van der Waals surface area contributed by atoms with Crippen LogP contribution in [0.1, 0.15) is 5.56 Å². The van der Waals surface area contributed by atoms with Crippen molar-refractivity contribution in [3.63, 3.8) is 0 Å². The third kappa shape index (κ3) is 4.47. The first-order chi connectivity index (χ1) is 9.66. The van der Waals surface area contributed by atoms with Gasteiger partial charge in [-0.15, -0.1) is 0 Å². The molecule has 0 aliphatic heterocycles. The average Bonchev–Trinajstić information content (AvgIpc) is 2.45. The molecule has 2 aromatic rings. The maximum absolute atomic E-state index is 13.3. The highest BCUT2D eigenvalue weighted by Crippen LogP contribution is 2.30. The lowest BCUT2D eigenvalue weighted by Gasteiger charge is -2.10. The second kappa shape index (κ2) is 7.62. The van der Waals surface area contributed by atoms with Crippen LogP contribution >= 0.6 is 27.5 Å². The van der Waals surface area contributed by atoms with Crippen molar-refractivity contribution < 1.29 is 9.13 Å². The zero-order valence-corrected chi connectivity index (χ0v) is 13.0. The SMILES string of the molecule is Fc1cc(OCCNCc2ccccc2)c(Br)cc1Cl. The van der Waals surface area contributed by atoms with Crippen LogP contribution in [0, 0.1) is 5.82 Å². The molecule has 0 bridgehead atoms. The number of ether oxygens (including phenoxy) is 1. The summed E-state index contributed by atoms with van der Waals surface area (Å²) in [6.45, 7) is 1.90. The summed E-state index contributed by atoms with van der Waals surface area (Å²) in [5.41, 5.74) is 1.21. The molecule has 2 aromatic carbocycles. The molecular weight excluding hydrogens is 345 g/mol. The second-order valence-electron chi connectivity index (χ2n) is 4.21. The van der Waals surface area contributed by atoms with Gasteiger partial charge in [0.15, 0.2) is 0 Å². The summed E-state index contributed by atoms with van der Waals surface area (Å²) in [7, 11) is 0. The number of hydrogen-bond donors (Lipinski definition) is 1. The molecule has 106 valence electrons. The maximum atomic E-state index is 13.3. The van der Waals surface area contributed by atoms with E-state index in [1.807, 2.05) is 18.2 Å². The Hall–Kier alpha value is -1.10. The number of rotatable bonds is 6. The minimum Gasteiger partial charge on any atom is -0.491 e. The molecule has 0 aromatic heterocycles. The van der Waals surface area contributed by atoms with Crippen LogP contribution in [0.3, 0.4) is 0 Å². The van der Waals surface area contributed by atoms with Gasteiger partial charge in [-0.1, -0.05) is 41.9 Å². The zero-order valence-electron chi connectivity index (χ0n) is 10.7. The monoisotopic (exact) mass is 357 g/mol. The Bertz CT molecular complexity index is 565. The molecular formula is C15H14BrClFNO. The summed E-state index contributed by atoms with van der Waals surface area (Å²) >= 11 is 8.96. The molecule has 0 amide bonds. The quantitative estimate of drug-likeness (QED) is 0.610. The van der Waals surface area contributed by atoms with Crippen LogP contribution < -0.4 is 10.1 Å². The third-order valence-corrected chi connectivity index (χ3v) is 3.59. The van der Waals surface area contributed by atoms with E-state index in [-0.39, 0.29) is 5.02 Å². The predicted octanol–water partition coefficient (Wildman–Crippen LogP) is 4.41. The largest absolute Gasteiger partial charge is 0.491 e. The van der Waals surface area contributed by atoms with Crippen molar-refractivity contribution in [2.24, 2.45) is 0 Å². The second-order valence-corrected chi connectivity index (χ2v) is 5.47. The van der Waals surface area contributed by atoms with Gasteiger partial charge in [-0.3, -0.25) is 0 Å². The van der Waals surface area contributed by atoms with E-state index >= 15 is 0 Å². The summed E-state index contributed by atoms with van der Waals surface area (Å²) < 4.78 is 19.5. The molecule has 1 N–H and O–H groups in total. The van der Waals surface area contributed by atoms with Crippen LogP contribution in [0.25, 0.3) is 0 Å². The topological polar surface area (TPSA) is 21.3 Å². The van der Waals surface area contributed by atoms with Crippen LogP contribution in [0.5, 0.6) is 5.75 Å². The minimum atomic E-state index is -0.484. The maximum Gasteiger partial charge on any atom is 0.145 e. The van der Waals surface area contributed by atoms with Gasteiger partial charge in [-0.25, -0.2) is 4.39 Å². The molecule has 0 saturated heterocycles. The molecule has 0 atom stereocenters. The molecule has 0 fully saturated rings. The van der Waals surface area contributed by atoms with Gasteiger partial charge >= 0.3 is 0 Å². The van der Waals surface area contributed by atoms with Crippen LogP contribution in [-0.4, -0.2) is 13.2 Å². The van der Waals surface area contributed by atoms with Gasteiger partial charge in [0.1, 0.15) is 18.2 Å². The summed E-state index contributed by atoms with van der Waals surface area (Å²) in [5.74, 6) is -0.0319. The summed E-state index contributed by atoms with van der Waals surface area (Å²) in [6, 6.07) is 12.9. The lowest BCUT2D eigenvalue weighted by molar-refractivity contribution is 0.310. The van der Waals surface area contributed by atoms with Gasteiger partial charge in [0, 0.05) is 19.2 Å². The van der Waals surface area contributed by atoms with Crippen molar-refractivity contribution in [2.75, 3.05) is 13.2 Å². The number of benzene rings is 2. The Kier molecular flexibility index (Phi) is 5.83. The molecule has 0 aliphatic carbocycles. The predicted molar refractivity (Wildman–Crippen MR) is 82.8 cm³/mol. The molecule has 0 radical (unpaired) electrons. The first-order valence-corrected chi connectivity index (χ1v) is 7.36. The van der Waals surface area contributed by atoms with Crippen LogP contribution in [0.4, 0.5) is 4.39 Å². The first-order valence-electron chi connectivity index (χ1n) is 6.19. The lowest BCUT2D eigenvalue weighted by atomic mass is 10.2. The molecule has 0 spiro atoms. The van der Waals surface area contributed by atoms with Gasteiger partial charge in [0.25, 0.3) is 0 Å². The molecule has 0 heterocycles. The highest BCUT2D eigenvalue weighted by Gasteiger charge is 2.07. The van der Waals surface area contributed by atoms with Gasteiger partial charge in [0.05, 0.1) is 9.50 Å². The Morgan fingerprint density at radius 3 is 2.70 bits per heavy atom. The van der Waals surface area contributed by atoms with E-state index in [1.54, 1.807) is 0 Å². The molecule has 2 nitrogen and oxygen atoms in total. The summed E-state index contributed by atoms with van der Waals surface area (Å²) in [6.07, 6.45) is 0. The van der Waals surface area contributed by atoms with E-state index in [2.05, 4.69) is 33.4 Å². The smallest absolute Gasteiger partial charge is 0.145 e. The molecule has 20 heavy (non-hydrogen) atoms. The number of nitrogens with one attached hydrogen (secondary N) is 1. The molecule has 0 saturated carbocycles. The zero-order chi connectivity index (χ0) is 14.4. The fourth-order valence-corrected chi connectivity index (χ4v) is 2.43. The van der Waals surface area contributed by atoms with Gasteiger partial charge < -0.3 is 10.1 Å². The van der Waals surface area contributed by atoms with Crippen molar-refractivity contribution >= 4 is 27.5 Å². The van der Waals surface area contributed by atoms with Crippen LogP contribution in [0.15, 0.2) is 46.9 Å². The average molecular weight is 359 g/mol. The highest BCUT2D eigenvalue weighted by molar-refractivity contribution is 9.10. The standard InChI is InChI=1S/C15H14BrClFNO/c16-12-8-13(17)14(18)9-15(12)20-7-6-19-10-11-4-2-1-3-5-11/h1-5,8-9,19H,6-7,10H2. The van der Waals surface area contributed by atoms with Crippen molar-refractivity contribution in [1.29, 1.82) is 0 Å². The number of hydrogen-bond acceptors (Lipinski definition) is 2. The van der Waals surface area contributed by atoms with Crippen molar-refractivity contribution in [3.8, 4) is 5.75 Å². The van der Waals surface area contributed by atoms with E-state index in [9.17, 15) is 4.39 Å². The third-order valence-electron chi connectivity index (χ3n) is 2.68. The van der Waals surface area contributed by atoms with E-state index in [0.29, 0.717) is 23.4 Å². The molecule has 5 heteroatoms. The van der Waals surface area contributed by atoms with E-state index < -0.39 is 5.82 Å². The molecule has 2 rings (SSSR count). The van der Waals surface area contributed by atoms with E-state index in [4.69, 9.17) is 16.3 Å². The Morgan fingerprint density at radius 2 is 1.95 bits per heavy atom. The fourth-order valence-electron chi connectivity index (χ4n) is 1.68. The molecule has 0 unspecified atom stereocenters. The highest BCUT2D eigenvalue weighted by atomic mass is 79.9. The van der Waals surface area contributed by atoms with Gasteiger partial charge in [-0.2, -0.15) is 0 Å². The summed E-state index contributed by atoms with van der Waals surface area (Å²) in [5, 5.41) is 3.33. The Balaban J connectivity index is 1.75. The van der Waals surface area contributed by atoms with Crippen molar-refractivity contribution in [1.82, 2.24) is 5.32 Å². The molecule has 0 aliphatic rings. The summed E-state index contributed by atoms with van der Waals surface area (Å²) in [4.78, 5) is 0. The Labute approximate surface area is 131 Å². The van der Waals surface area contributed by atoms with Gasteiger partial charge in [0.2, 0.25) is 0 Å². The Morgan fingerprint density at radius 1 is 1.20 bits per heavy atom. The van der Waals surface area contributed by atoms with Crippen molar-refractivity contribution in [3.05, 3.63) is 63.3 Å². The van der Waals surface area contributed by atoms with E-state index in [0.717, 1.165) is 6.54 Å². The van der Waals surface area contributed by atoms with Crippen LogP contribution in [0.2, 0.25) is 5.02 Å². The fraction of sp³-hybridized carbons (Fsp3) is 0.200. The van der Waals surface area contributed by atoms with Crippen LogP contribution in [-0.2, 0) is 6.54 Å².